The summed E-state index contributed by atoms with van der Waals surface area (Å²) in [7, 11) is 0. The van der Waals surface area contributed by atoms with Crippen LogP contribution in [0.15, 0.2) is 0 Å². The fraction of sp³-hybridized carbons (Fsp3) is 1.00. The van der Waals surface area contributed by atoms with Gasteiger partial charge in [-0.25, -0.2) is 0 Å². The molecule has 0 aromatic rings. The van der Waals surface area contributed by atoms with Crippen LogP contribution >= 0.6 is 0 Å². The van der Waals surface area contributed by atoms with Gasteiger partial charge in [0.05, 0.1) is 0 Å². The first kappa shape index (κ1) is 9.51. The second-order valence-corrected chi connectivity index (χ2v) is 5.75. The fourth-order valence-corrected chi connectivity index (χ4v) is 3.21. The van der Waals surface area contributed by atoms with Crippen molar-refractivity contribution >= 4 is 0 Å². The average molecular weight is 181 g/mol. The summed E-state index contributed by atoms with van der Waals surface area (Å²) in [4.78, 5) is 0. The van der Waals surface area contributed by atoms with E-state index in [-0.39, 0.29) is 0 Å². The lowest BCUT2D eigenvalue weighted by molar-refractivity contribution is 0.242. The highest BCUT2D eigenvalue weighted by atomic mass is 14.9. The molecule has 0 aromatic carbocycles. The van der Waals surface area contributed by atoms with Gasteiger partial charge in [0.25, 0.3) is 0 Å². The Morgan fingerprint density at radius 3 is 2.23 bits per heavy atom. The molecule has 1 aliphatic carbocycles. The number of piperidine rings is 1. The summed E-state index contributed by atoms with van der Waals surface area (Å²) in [6, 6.07) is 0. The highest BCUT2D eigenvalue weighted by molar-refractivity contribution is 4.87. The van der Waals surface area contributed by atoms with Crippen molar-refractivity contribution in [3.05, 3.63) is 0 Å². The first-order valence-electron chi connectivity index (χ1n) is 5.88. The zero-order valence-electron chi connectivity index (χ0n) is 9.10. The van der Waals surface area contributed by atoms with E-state index in [0.717, 1.165) is 11.8 Å². The Kier molecular flexibility index (Phi) is 2.64. The van der Waals surface area contributed by atoms with E-state index in [0.29, 0.717) is 5.41 Å². The molecule has 0 aromatic heterocycles. The van der Waals surface area contributed by atoms with Gasteiger partial charge < -0.3 is 5.32 Å². The van der Waals surface area contributed by atoms with Gasteiger partial charge in [0, 0.05) is 0 Å². The van der Waals surface area contributed by atoms with Crippen LogP contribution in [0.1, 0.15) is 46.0 Å². The third-order valence-electron chi connectivity index (χ3n) is 4.06. The molecule has 2 fully saturated rings. The minimum absolute atomic E-state index is 0.648. The molecule has 13 heavy (non-hydrogen) atoms. The van der Waals surface area contributed by atoms with Crippen LogP contribution in [0.2, 0.25) is 0 Å². The Labute approximate surface area is 82.3 Å². The van der Waals surface area contributed by atoms with E-state index in [1.54, 1.807) is 0 Å². The van der Waals surface area contributed by atoms with E-state index in [1.807, 2.05) is 0 Å². The van der Waals surface area contributed by atoms with Crippen LogP contribution < -0.4 is 5.32 Å². The predicted octanol–water partition coefficient (Wildman–Crippen LogP) is 2.81. The summed E-state index contributed by atoms with van der Waals surface area (Å²) < 4.78 is 0. The summed E-state index contributed by atoms with van der Waals surface area (Å²) in [6.07, 6.45) is 7.30. The van der Waals surface area contributed by atoms with E-state index >= 15 is 0 Å². The first-order valence-corrected chi connectivity index (χ1v) is 5.88. The fourth-order valence-electron chi connectivity index (χ4n) is 3.21. The van der Waals surface area contributed by atoms with Crippen molar-refractivity contribution in [2.75, 3.05) is 13.1 Å². The van der Waals surface area contributed by atoms with Crippen LogP contribution in [0.4, 0.5) is 0 Å². The summed E-state index contributed by atoms with van der Waals surface area (Å²) >= 11 is 0. The van der Waals surface area contributed by atoms with E-state index in [2.05, 4.69) is 19.2 Å². The van der Waals surface area contributed by atoms with Gasteiger partial charge in [0.15, 0.2) is 0 Å². The van der Waals surface area contributed by atoms with E-state index in [1.165, 1.54) is 45.2 Å². The largest absolute Gasteiger partial charge is 0.317 e. The molecule has 2 rings (SSSR count). The highest BCUT2D eigenvalue weighted by Crippen LogP contribution is 2.45. The third-order valence-corrected chi connectivity index (χ3v) is 4.06. The molecule has 1 heterocycles. The zero-order chi connectivity index (χ0) is 9.31. The van der Waals surface area contributed by atoms with Crippen LogP contribution in [-0.2, 0) is 0 Å². The predicted molar refractivity (Wildman–Crippen MR) is 56.7 cm³/mol. The molecule has 1 heteroatoms. The second kappa shape index (κ2) is 3.61. The third kappa shape index (κ3) is 2.25. The molecule has 1 N–H and O–H groups in total. The van der Waals surface area contributed by atoms with Crippen molar-refractivity contribution in [3.8, 4) is 0 Å². The molecule has 76 valence electrons. The van der Waals surface area contributed by atoms with Gasteiger partial charge in [-0.05, 0) is 62.4 Å². The summed E-state index contributed by atoms with van der Waals surface area (Å²) in [6.45, 7) is 7.41. The lowest BCUT2D eigenvalue weighted by Crippen LogP contribution is -2.31. The molecule has 1 saturated heterocycles. The number of nitrogens with one attached hydrogen (secondary N) is 1. The molecule has 1 atom stereocenters. The Morgan fingerprint density at radius 1 is 1.00 bits per heavy atom. The minimum Gasteiger partial charge on any atom is -0.317 e. The zero-order valence-corrected chi connectivity index (χ0v) is 9.10. The lowest BCUT2D eigenvalue weighted by Gasteiger charge is -2.29. The quantitative estimate of drug-likeness (QED) is 0.656. The molecule has 1 nitrogen and oxygen atoms in total. The van der Waals surface area contributed by atoms with Crippen molar-refractivity contribution in [3.63, 3.8) is 0 Å². The van der Waals surface area contributed by atoms with Crippen LogP contribution in [0.3, 0.4) is 0 Å². The molecule has 0 bridgehead atoms. The Hall–Kier alpha value is -0.0400. The van der Waals surface area contributed by atoms with Gasteiger partial charge in [-0.2, -0.15) is 0 Å². The standard InChI is InChI=1S/C12H23N/c1-12(2)6-3-11(9-12)10-4-7-13-8-5-10/h10-11,13H,3-9H2,1-2H3. The second-order valence-electron chi connectivity index (χ2n) is 5.75. The van der Waals surface area contributed by atoms with E-state index < -0.39 is 0 Å². The van der Waals surface area contributed by atoms with Crippen molar-refractivity contribution in [2.45, 2.75) is 46.0 Å². The van der Waals surface area contributed by atoms with Gasteiger partial charge in [-0.3, -0.25) is 0 Å². The molecular weight excluding hydrogens is 158 g/mol. The van der Waals surface area contributed by atoms with Gasteiger partial charge in [0.1, 0.15) is 0 Å². The maximum absolute atomic E-state index is 3.46. The molecule has 2 aliphatic rings. The lowest BCUT2D eigenvalue weighted by atomic mass is 9.81. The number of hydrogen-bond acceptors (Lipinski definition) is 1. The molecular formula is C12H23N. The maximum Gasteiger partial charge on any atom is -0.00462 e. The van der Waals surface area contributed by atoms with Crippen LogP contribution in [0.5, 0.6) is 0 Å². The number of rotatable bonds is 1. The minimum atomic E-state index is 0.648. The van der Waals surface area contributed by atoms with Crippen LogP contribution in [0, 0.1) is 17.3 Å². The van der Waals surface area contributed by atoms with Crippen molar-refractivity contribution in [2.24, 2.45) is 17.3 Å². The smallest absolute Gasteiger partial charge is 0.00462 e. The molecule has 0 amide bonds. The molecule has 1 aliphatic heterocycles. The maximum atomic E-state index is 3.46. The van der Waals surface area contributed by atoms with Gasteiger partial charge in [-0.1, -0.05) is 13.8 Å². The van der Waals surface area contributed by atoms with Crippen molar-refractivity contribution < 1.29 is 0 Å². The average Bonchev–Trinajstić information content (AvgIpc) is 2.48. The first-order chi connectivity index (χ1) is 6.17. The van der Waals surface area contributed by atoms with Gasteiger partial charge in [0.2, 0.25) is 0 Å². The molecule has 1 saturated carbocycles. The Bertz CT molecular complexity index is 168. The van der Waals surface area contributed by atoms with Gasteiger partial charge >= 0.3 is 0 Å². The molecule has 0 spiro atoms. The topological polar surface area (TPSA) is 12.0 Å². The van der Waals surface area contributed by atoms with Crippen LogP contribution in [-0.4, -0.2) is 13.1 Å². The highest BCUT2D eigenvalue weighted by Gasteiger charge is 2.35. The monoisotopic (exact) mass is 181 g/mol. The van der Waals surface area contributed by atoms with Crippen LogP contribution in [0.25, 0.3) is 0 Å². The SMILES string of the molecule is CC1(C)CCC(C2CCNCC2)C1. The summed E-state index contributed by atoms with van der Waals surface area (Å²) in [5, 5.41) is 3.46. The van der Waals surface area contributed by atoms with E-state index in [9.17, 15) is 0 Å². The van der Waals surface area contributed by atoms with Crippen molar-refractivity contribution in [1.82, 2.24) is 5.32 Å². The molecule has 1 unspecified atom stereocenters. The molecule has 0 radical (unpaired) electrons. The summed E-state index contributed by atoms with van der Waals surface area (Å²) in [5.74, 6) is 2.10. The van der Waals surface area contributed by atoms with E-state index in [4.69, 9.17) is 0 Å². The normalized spacial score (nSPS) is 35.1. The van der Waals surface area contributed by atoms with Crippen molar-refractivity contribution in [1.29, 1.82) is 0 Å². The summed E-state index contributed by atoms with van der Waals surface area (Å²) in [5.41, 5.74) is 0.648. The van der Waals surface area contributed by atoms with Gasteiger partial charge in [-0.15, -0.1) is 0 Å². The Morgan fingerprint density at radius 2 is 1.69 bits per heavy atom. The Balaban J connectivity index is 1.87. The number of hydrogen-bond donors (Lipinski definition) is 1.